The first-order valence-corrected chi connectivity index (χ1v) is 15.2. The van der Waals surface area contributed by atoms with Gasteiger partial charge in [-0.1, -0.05) is 103 Å². The summed E-state index contributed by atoms with van der Waals surface area (Å²) >= 11 is 5.01. The summed E-state index contributed by atoms with van der Waals surface area (Å²) in [5.74, 6) is 0.671. The second-order valence-corrected chi connectivity index (χ2v) is 12.4. The van der Waals surface area contributed by atoms with Crippen LogP contribution in [-0.2, 0) is 17.8 Å². The Balaban J connectivity index is 1.27. The normalized spacial score (nSPS) is 16.7. The second-order valence-electron chi connectivity index (χ2n) is 9.10. The third-order valence-corrected chi connectivity index (χ3v) is 10.3. The third kappa shape index (κ3) is 5.29. The zero-order valence-corrected chi connectivity index (χ0v) is 23.0. The topological polar surface area (TPSA) is 80.9 Å². The molecule has 0 saturated carbocycles. The van der Waals surface area contributed by atoms with Crippen LogP contribution in [0.2, 0.25) is 0 Å². The minimum Gasteiger partial charge on any atom is -0.383 e. The van der Waals surface area contributed by atoms with Gasteiger partial charge >= 0.3 is 0 Å². The van der Waals surface area contributed by atoms with Crippen molar-refractivity contribution in [1.29, 1.82) is 0 Å². The Kier molecular flexibility index (Phi) is 7.35. The number of anilines is 1. The van der Waals surface area contributed by atoms with E-state index in [0.717, 1.165) is 22.2 Å². The molecule has 0 bridgehead atoms. The molecule has 0 radical (unpaired) electrons. The number of fused-ring (bicyclic) bond motifs is 3. The van der Waals surface area contributed by atoms with Crippen molar-refractivity contribution in [2.24, 2.45) is 0 Å². The molecule has 0 fully saturated rings. The van der Waals surface area contributed by atoms with Gasteiger partial charge in [-0.05, 0) is 28.7 Å². The lowest BCUT2D eigenvalue weighted by Crippen LogP contribution is -2.24. The first-order valence-electron chi connectivity index (χ1n) is 12.4. The average Bonchev–Trinajstić information content (AvgIpc) is 3.35. The average molecular weight is 555 g/mol. The van der Waals surface area contributed by atoms with E-state index in [0.29, 0.717) is 22.8 Å². The van der Waals surface area contributed by atoms with Gasteiger partial charge in [-0.2, -0.15) is 0 Å². The van der Waals surface area contributed by atoms with E-state index in [1.807, 2.05) is 42.1 Å². The lowest BCUT2D eigenvalue weighted by molar-refractivity contribution is -0.118. The Hall–Kier alpha value is -3.33. The highest BCUT2D eigenvalue weighted by Gasteiger charge is 2.34. The van der Waals surface area contributed by atoms with E-state index in [2.05, 4.69) is 71.0 Å². The van der Waals surface area contributed by atoms with Crippen LogP contribution < -0.4 is 11.1 Å². The highest BCUT2D eigenvalue weighted by molar-refractivity contribution is 8.00. The van der Waals surface area contributed by atoms with Crippen LogP contribution in [0.4, 0.5) is 5.82 Å². The molecule has 3 aromatic carbocycles. The Morgan fingerprint density at radius 3 is 2.29 bits per heavy atom. The zero-order valence-electron chi connectivity index (χ0n) is 20.5. The number of nitrogens with zero attached hydrogens (tertiary/aromatic N) is 2. The van der Waals surface area contributed by atoms with Crippen molar-refractivity contribution >= 4 is 56.8 Å². The Bertz CT molecular complexity index is 1560. The first kappa shape index (κ1) is 25.0. The minimum atomic E-state index is -0.0576. The van der Waals surface area contributed by atoms with Crippen LogP contribution in [0.25, 0.3) is 10.2 Å². The Labute approximate surface area is 234 Å². The van der Waals surface area contributed by atoms with E-state index in [4.69, 9.17) is 10.7 Å². The molecule has 38 heavy (non-hydrogen) atoms. The molecule has 3 heterocycles. The monoisotopic (exact) mass is 554 g/mol. The minimum absolute atomic E-state index is 0.0576. The molecule has 1 amide bonds. The van der Waals surface area contributed by atoms with E-state index < -0.39 is 0 Å². The van der Waals surface area contributed by atoms with Crippen LogP contribution in [0.15, 0.2) is 96.2 Å². The number of aromatic nitrogens is 2. The number of hydrogen-bond acceptors (Lipinski definition) is 7. The van der Waals surface area contributed by atoms with E-state index in [-0.39, 0.29) is 16.9 Å². The molecule has 1 aliphatic heterocycles. The fraction of sp³-hybridized carbons (Fsp3) is 0.167. The highest BCUT2D eigenvalue weighted by Crippen LogP contribution is 2.55. The predicted octanol–water partition coefficient (Wildman–Crippen LogP) is 6.80. The molecule has 0 aliphatic carbocycles. The molecule has 0 saturated heterocycles. The number of nitrogens with two attached hydrogens (primary N) is 1. The van der Waals surface area contributed by atoms with Crippen molar-refractivity contribution in [3.8, 4) is 0 Å². The lowest BCUT2D eigenvalue weighted by atomic mass is 9.98. The number of carbonyl (C=O) groups is 1. The molecule has 190 valence electrons. The zero-order chi connectivity index (χ0) is 25.9. The Morgan fingerprint density at radius 1 is 0.921 bits per heavy atom. The summed E-state index contributed by atoms with van der Waals surface area (Å²) in [5, 5.41) is 4.97. The van der Waals surface area contributed by atoms with Crippen molar-refractivity contribution in [2.75, 3.05) is 11.5 Å². The molecule has 8 heteroatoms. The highest BCUT2D eigenvalue weighted by atomic mass is 32.2. The number of nitrogens with one attached hydrogen (secondary N) is 1. The smallest absolute Gasteiger partial charge is 0.230 e. The number of amides is 1. The summed E-state index contributed by atoms with van der Waals surface area (Å²) in [6, 6.07) is 31.2. The van der Waals surface area contributed by atoms with Gasteiger partial charge < -0.3 is 11.1 Å². The molecule has 6 rings (SSSR count). The van der Waals surface area contributed by atoms with Crippen LogP contribution in [0, 0.1) is 0 Å². The molecule has 0 spiro atoms. The van der Waals surface area contributed by atoms with Gasteiger partial charge in [0.1, 0.15) is 10.6 Å². The number of carbonyl (C=O) groups excluding carboxylic acids is 1. The lowest BCUT2D eigenvalue weighted by Gasteiger charge is -2.30. The summed E-state index contributed by atoms with van der Waals surface area (Å²) in [4.78, 5) is 24.1. The summed E-state index contributed by atoms with van der Waals surface area (Å²) in [5.41, 5.74) is 11.5. The van der Waals surface area contributed by atoms with Crippen LogP contribution in [-0.4, -0.2) is 21.6 Å². The van der Waals surface area contributed by atoms with Gasteiger partial charge in [-0.3, -0.25) is 4.79 Å². The standard InChI is InChI=1S/C30H26N4OS3/c31-28-25-22-16-23(20-12-6-2-7-13-20)37-26(21-14-8-3-9-15-21)27(22)38-29(25)34-30(33-28)36-18-24(35)32-17-19-10-4-1-5-11-19/h1-15,23,26H,16-18H2,(H,32,35)(H2,31,33,34)/t23-,26+/m1/s1. The Morgan fingerprint density at radius 2 is 1.58 bits per heavy atom. The van der Waals surface area contributed by atoms with Gasteiger partial charge in [-0.15, -0.1) is 23.1 Å². The van der Waals surface area contributed by atoms with Crippen LogP contribution in [0.5, 0.6) is 0 Å². The molecule has 5 aromatic rings. The van der Waals surface area contributed by atoms with Crippen LogP contribution >= 0.6 is 34.9 Å². The van der Waals surface area contributed by atoms with Crippen molar-refractivity contribution in [1.82, 2.24) is 15.3 Å². The number of thioether (sulfide) groups is 2. The van der Waals surface area contributed by atoms with E-state index >= 15 is 0 Å². The van der Waals surface area contributed by atoms with Gasteiger partial charge in [-0.25, -0.2) is 9.97 Å². The molecule has 3 N–H and O–H groups in total. The van der Waals surface area contributed by atoms with Crippen molar-refractivity contribution < 1.29 is 4.79 Å². The summed E-state index contributed by atoms with van der Waals surface area (Å²) in [7, 11) is 0. The molecular formula is C30H26N4OS3. The maximum atomic E-state index is 12.4. The van der Waals surface area contributed by atoms with E-state index in [1.54, 1.807) is 11.3 Å². The molecule has 0 unspecified atom stereocenters. The maximum Gasteiger partial charge on any atom is 0.230 e. The van der Waals surface area contributed by atoms with Gasteiger partial charge in [0.25, 0.3) is 0 Å². The molecular weight excluding hydrogens is 529 g/mol. The second kappa shape index (κ2) is 11.2. The quantitative estimate of drug-likeness (QED) is 0.170. The predicted molar refractivity (Wildman–Crippen MR) is 160 cm³/mol. The van der Waals surface area contributed by atoms with Crippen molar-refractivity contribution in [3.63, 3.8) is 0 Å². The van der Waals surface area contributed by atoms with Gasteiger partial charge in [0.05, 0.1) is 16.4 Å². The van der Waals surface area contributed by atoms with Gasteiger partial charge in [0.15, 0.2) is 5.16 Å². The van der Waals surface area contributed by atoms with Crippen molar-refractivity contribution in [2.45, 2.75) is 28.6 Å². The van der Waals surface area contributed by atoms with Gasteiger partial charge in [0.2, 0.25) is 5.91 Å². The summed E-state index contributed by atoms with van der Waals surface area (Å²) in [6.07, 6.45) is 0.884. The van der Waals surface area contributed by atoms with E-state index in [9.17, 15) is 4.79 Å². The SMILES string of the molecule is Nc1nc(SCC(=O)NCc2ccccc2)nc2sc3c(c12)C[C@H](c1ccccc1)S[C@H]3c1ccccc1. The fourth-order valence-electron chi connectivity index (χ4n) is 4.72. The van der Waals surface area contributed by atoms with Gasteiger partial charge in [0, 0.05) is 16.7 Å². The number of nitrogen functional groups attached to an aromatic ring is 1. The van der Waals surface area contributed by atoms with Crippen LogP contribution in [0.3, 0.4) is 0 Å². The number of hydrogen-bond donors (Lipinski definition) is 2. The van der Waals surface area contributed by atoms with Crippen LogP contribution in [0.1, 0.15) is 37.6 Å². The molecule has 2 aromatic heterocycles. The molecule has 2 atom stereocenters. The number of thiophene rings is 1. The first-order chi connectivity index (χ1) is 18.7. The maximum absolute atomic E-state index is 12.4. The largest absolute Gasteiger partial charge is 0.383 e. The molecule has 1 aliphatic rings. The summed E-state index contributed by atoms with van der Waals surface area (Å²) < 4.78 is 0. The number of rotatable bonds is 7. The fourth-order valence-corrected chi connectivity index (χ4v) is 8.48. The molecule has 5 nitrogen and oxygen atoms in total. The van der Waals surface area contributed by atoms with E-state index in [1.165, 1.54) is 33.3 Å². The summed E-state index contributed by atoms with van der Waals surface area (Å²) in [6.45, 7) is 0.501. The third-order valence-electron chi connectivity index (χ3n) is 6.56. The van der Waals surface area contributed by atoms with Crippen molar-refractivity contribution in [3.05, 3.63) is 118 Å². The number of benzene rings is 3.